The molecule has 1 aliphatic carbocycles. The van der Waals surface area contributed by atoms with Crippen LogP contribution in [-0.2, 0) is 6.18 Å². The van der Waals surface area contributed by atoms with Crippen LogP contribution in [0.4, 0.5) is 13.2 Å². The Labute approximate surface area is 70.4 Å². The maximum Gasteiger partial charge on any atom is 0.445 e. The van der Waals surface area contributed by atoms with Crippen LogP contribution in [0.5, 0.6) is 0 Å². The molecule has 2 nitrogen and oxygen atoms in total. The minimum Gasteiger partial charge on any atom is -0.164 e. The van der Waals surface area contributed by atoms with Gasteiger partial charge in [0, 0.05) is 5.92 Å². The van der Waals surface area contributed by atoms with Crippen LogP contribution in [0.1, 0.15) is 28.8 Å². The largest absolute Gasteiger partial charge is 0.445 e. The lowest BCUT2D eigenvalue weighted by Gasteiger charge is -1.97. The molecule has 12 heavy (non-hydrogen) atoms. The Balaban J connectivity index is 2.23. The first-order valence-corrected chi connectivity index (χ1v) is 4.29. The molecule has 1 fully saturated rings. The van der Waals surface area contributed by atoms with Gasteiger partial charge in [0.1, 0.15) is 5.01 Å². The Morgan fingerprint density at radius 3 is 2.33 bits per heavy atom. The van der Waals surface area contributed by atoms with Gasteiger partial charge in [0.15, 0.2) is 0 Å². The van der Waals surface area contributed by atoms with E-state index in [0.29, 0.717) is 16.3 Å². The van der Waals surface area contributed by atoms with E-state index < -0.39 is 11.2 Å². The van der Waals surface area contributed by atoms with Gasteiger partial charge in [-0.15, -0.1) is 10.2 Å². The van der Waals surface area contributed by atoms with Crippen LogP contribution in [0.15, 0.2) is 0 Å². The number of alkyl halides is 3. The molecule has 1 saturated carbocycles. The molecule has 2 rings (SSSR count). The number of hydrogen-bond acceptors (Lipinski definition) is 3. The summed E-state index contributed by atoms with van der Waals surface area (Å²) in [4.78, 5) is 0. The van der Waals surface area contributed by atoms with Gasteiger partial charge in [-0.25, -0.2) is 0 Å². The van der Waals surface area contributed by atoms with E-state index in [9.17, 15) is 13.2 Å². The molecule has 1 heterocycles. The van der Waals surface area contributed by atoms with Gasteiger partial charge in [0.25, 0.3) is 0 Å². The highest BCUT2D eigenvalue weighted by Crippen LogP contribution is 2.43. The van der Waals surface area contributed by atoms with Crippen molar-refractivity contribution in [2.45, 2.75) is 24.9 Å². The summed E-state index contributed by atoms with van der Waals surface area (Å²) in [6.07, 6.45) is -2.43. The van der Waals surface area contributed by atoms with Crippen molar-refractivity contribution < 1.29 is 13.2 Å². The molecule has 66 valence electrons. The second-order valence-corrected chi connectivity index (χ2v) is 3.73. The molecule has 6 heteroatoms. The van der Waals surface area contributed by atoms with E-state index in [0.717, 1.165) is 12.8 Å². The molecule has 0 aromatic carbocycles. The van der Waals surface area contributed by atoms with Gasteiger partial charge in [-0.3, -0.25) is 0 Å². The number of rotatable bonds is 1. The maximum absolute atomic E-state index is 12.0. The average Bonchev–Trinajstić information content (AvgIpc) is 2.66. The quantitative estimate of drug-likeness (QED) is 0.686. The Bertz CT molecular complexity index is 289. The van der Waals surface area contributed by atoms with Crippen molar-refractivity contribution in [1.82, 2.24) is 10.2 Å². The minimum absolute atomic E-state index is 0.249. The standard InChI is InChI=1S/C6H5F3N2S/c7-6(8,9)5-11-10-4(12-5)3-1-2-3/h3H,1-2H2. The van der Waals surface area contributed by atoms with Gasteiger partial charge in [-0.2, -0.15) is 13.2 Å². The molecule has 0 unspecified atom stereocenters. The second kappa shape index (κ2) is 2.42. The molecule has 0 saturated heterocycles. The fraction of sp³-hybridized carbons (Fsp3) is 0.667. The number of nitrogens with zero attached hydrogens (tertiary/aromatic N) is 2. The summed E-state index contributed by atoms with van der Waals surface area (Å²) < 4.78 is 36.0. The van der Waals surface area contributed by atoms with Gasteiger partial charge >= 0.3 is 6.18 Å². The van der Waals surface area contributed by atoms with E-state index in [-0.39, 0.29) is 5.92 Å². The molecule has 1 aromatic rings. The van der Waals surface area contributed by atoms with Crippen LogP contribution in [0, 0.1) is 0 Å². The Morgan fingerprint density at radius 2 is 1.92 bits per heavy atom. The van der Waals surface area contributed by atoms with Crippen LogP contribution >= 0.6 is 11.3 Å². The molecule has 0 radical (unpaired) electrons. The Morgan fingerprint density at radius 1 is 1.25 bits per heavy atom. The normalized spacial score (nSPS) is 18.2. The van der Waals surface area contributed by atoms with Crippen LogP contribution < -0.4 is 0 Å². The van der Waals surface area contributed by atoms with Crippen molar-refractivity contribution in [3.8, 4) is 0 Å². The highest BCUT2D eigenvalue weighted by Gasteiger charge is 2.37. The van der Waals surface area contributed by atoms with E-state index >= 15 is 0 Å². The van der Waals surface area contributed by atoms with Gasteiger partial charge in [0.2, 0.25) is 5.01 Å². The molecule has 0 amide bonds. The summed E-state index contributed by atoms with van der Waals surface area (Å²) in [5.41, 5.74) is 0. The van der Waals surface area contributed by atoms with Crippen molar-refractivity contribution in [2.24, 2.45) is 0 Å². The fourth-order valence-electron chi connectivity index (χ4n) is 0.844. The first kappa shape index (κ1) is 7.97. The van der Waals surface area contributed by atoms with Gasteiger partial charge < -0.3 is 0 Å². The van der Waals surface area contributed by atoms with Crippen LogP contribution in [0.3, 0.4) is 0 Å². The topological polar surface area (TPSA) is 25.8 Å². The molecule has 0 spiro atoms. The second-order valence-electron chi connectivity index (χ2n) is 2.72. The van der Waals surface area contributed by atoms with Crippen LogP contribution in [-0.4, -0.2) is 10.2 Å². The molecule has 0 N–H and O–H groups in total. The lowest BCUT2D eigenvalue weighted by atomic mass is 10.5. The van der Waals surface area contributed by atoms with Crippen molar-refractivity contribution >= 4 is 11.3 Å². The van der Waals surface area contributed by atoms with Crippen LogP contribution in [0.25, 0.3) is 0 Å². The van der Waals surface area contributed by atoms with Crippen molar-refractivity contribution in [3.05, 3.63) is 10.0 Å². The summed E-state index contributed by atoms with van der Waals surface area (Å²) in [7, 11) is 0. The lowest BCUT2D eigenvalue weighted by Crippen LogP contribution is -2.03. The summed E-state index contributed by atoms with van der Waals surface area (Å²) in [6.45, 7) is 0. The van der Waals surface area contributed by atoms with Crippen molar-refractivity contribution in [3.63, 3.8) is 0 Å². The average molecular weight is 194 g/mol. The lowest BCUT2D eigenvalue weighted by molar-refractivity contribution is -0.138. The van der Waals surface area contributed by atoms with Gasteiger partial charge in [0.05, 0.1) is 0 Å². The highest BCUT2D eigenvalue weighted by atomic mass is 32.1. The number of hydrogen-bond donors (Lipinski definition) is 0. The third-order valence-corrected chi connectivity index (χ3v) is 2.74. The smallest absolute Gasteiger partial charge is 0.164 e. The first-order chi connectivity index (χ1) is 5.57. The summed E-state index contributed by atoms with van der Waals surface area (Å²) in [5.74, 6) is 0.249. The van der Waals surface area contributed by atoms with E-state index in [2.05, 4.69) is 10.2 Å². The zero-order chi connectivity index (χ0) is 8.77. The Hall–Kier alpha value is -0.650. The molecule has 0 aliphatic heterocycles. The third kappa shape index (κ3) is 1.43. The van der Waals surface area contributed by atoms with Gasteiger partial charge in [-0.05, 0) is 12.8 Å². The summed E-state index contributed by atoms with van der Waals surface area (Å²) in [6, 6.07) is 0. The molecular weight excluding hydrogens is 189 g/mol. The SMILES string of the molecule is FC(F)(F)c1nnc(C2CC2)s1. The number of halogens is 3. The van der Waals surface area contributed by atoms with Crippen LogP contribution in [0.2, 0.25) is 0 Å². The molecule has 1 aliphatic rings. The van der Waals surface area contributed by atoms with Crippen molar-refractivity contribution in [2.75, 3.05) is 0 Å². The zero-order valence-electron chi connectivity index (χ0n) is 5.93. The highest BCUT2D eigenvalue weighted by molar-refractivity contribution is 7.11. The fourth-order valence-corrected chi connectivity index (χ4v) is 1.72. The monoisotopic (exact) mass is 194 g/mol. The summed E-state index contributed by atoms with van der Waals surface area (Å²) >= 11 is 0.663. The maximum atomic E-state index is 12.0. The predicted molar refractivity (Wildman–Crippen MR) is 36.9 cm³/mol. The molecular formula is C6H5F3N2S. The minimum atomic E-state index is -4.33. The third-order valence-electron chi connectivity index (χ3n) is 1.61. The summed E-state index contributed by atoms with van der Waals surface area (Å²) in [5, 5.41) is 6.29. The van der Waals surface area contributed by atoms with Gasteiger partial charge in [-0.1, -0.05) is 11.3 Å². The van der Waals surface area contributed by atoms with E-state index in [1.54, 1.807) is 0 Å². The van der Waals surface area contributed by atoms with E-state index in [4.69, 9.17) is 0 Å². The predicted octanol–water partition coefficient (Wildman–Crippen LogP) is 2.43. The zero-order valence-corrected chi connectivity index (χ0v) is 6.74. The van der Waals surface area contributed by atoms with E-state index in [1.807, 2.05) is 0 Å². The number of aromatic nitrogens is 2. The Kier molecular flexibility index (Phi) is 1.61. The van der Waals surface area contributed by atoms with Crippen molar-refractivity contribution in [1.29, 1.82) is 0 Å². The molecule has 0 bridgehead atoms. The molecule has 1 aromatic heterocycles. The van der Waals surface area contributed by atoms with E-state index in [1.165, 1.54) is 0 Å². The first-order valence-electron chi connectivity index (χ1n) is 3.48. The molecule has 0 atom stereocenters.